The lowest BCUT2D eigenvalue weighted by Crippen LogP contribution is -2.23. The standard InChI is InChI=1S/C11H9F3N2O2S/c1-6-3-2-4-7-8(6)15-9(19-7)16-10(17)18-5-11(12,13)14/h2-4H,5H2,1H3,(H,15,16,17). The topological polar surface area (TPSA) is 51.2 Å². The number of para-hydroxylation sites is 1. The molecule has 0 spiro atoms. The third kappa shape index (κ3) is 3.57. The van der Waals surface area contributed by atoms with Crippen LogP contribution in [0.4, 0.5) is 23.1 Å². The van der Waals surface area contributed by atoms with Crippen LogP contribution in [0.5, 0.6) is 0 Å². The molecule has 0 aliphatic carbocycles. The Morgan fingerprint density at radius 2 is 2.21 bits per heavy atom. The summed E-state index contributed by atoms with van der Waals surface area (Å²) in [6.07, 6.45) is -5.71. The summed E-state index contributed by atoms with van der Waals surface area (Å²) in [5.41, 5.74) is 1.63. The molecule has 0 aliphatic rings. The zero-order valence-corrected chi connectivity index (χ0v) is 10.6. The molecule has 1 aromatic heterocycles. The van der Waals surface area contributed by atoms with Crippen molar-refractivity contribution in [2.75, 3.05) is 11.9 Å². The lowest BCUT2D eigenvalue weighted by molar-refractivity contribution is -0.159. The Bertz CT molecular complexity index is 609. The highest BCUT2D eigenvalue weighted by Gasteiger charge is 2.29. The van der Waals surface area contributed by atoms with Crippen LogP contribution in [-0.4, -0.2) is 23.9 Å². The molecular formula is C11H9F3N2O2S. The molecule has 0 radical (unpaired) electrons. The first-order chi connectivity index (χ1) is 8.85. The van der Waals surface area contributed by atoms with Gasteiger partial charge in [-0.3, -0.25) is 5.32 Å². The maximum Gasteiger partial charge on any atom is 0.422 e. The van der Waals surface area contributed by atoms with E-state index in [1.165, 1.54) is 11.3 Å². The number of amides is 1. The van der Waals surface area contributed by atoms with Crippen molar-refractivity contribution in [2.24, 2.45) is 0 Å². The van der Waals surface area contributed by atoms with E-state index in [9.17, 15) is 18.0 Å². The lowest BCUT2D eigenvalue weighted by Gasteiger charge is -2.07. The van der Waals surface area contributed by atoms with Crippen LogP contribution in [-0.2, 0) is 4.74 Å². The molecule has 4 nitrogen and oxygen atoms in total. The van der Waals surface area contributed by atoms with Crippen LogP contribution in [0.25, 0.3) is 10.2 Å². The molecule has 0 aliphatic heterocycles. The zero-order valence-electron chi connectivity index (χ0n) is 9.75. The number of aromatic nitrogens is 1. The molecule has 0 saturated heterocycles. The van der Waals surface area contributed by atoms with Crippen LogP contribution in [0.15, 0.2) is 18.2 Å². The van der Waals surface area contributed by atoms with Crippen LogP contribution in [0.1, 0.15) is 5.56 Å². The second-order valence-corrected chi connectivity index (χ2v) is 4.79. The van der Waals surface area contributed by atoms with Gasteiger partial charge in [-0.05, 0) is 18.6 Å². The molecule has 0 unspecified atom stereocenters. The Labute approximate surface area is 110 Å². The van der Waals surface area contributed by atoms with E-state index in [4.69, 9.17) is 0 Å². The zero-order chi connectivity index (χ0) is 14.0. The Hall–Kier alpha value is -1.83. The van der Waals surface area contributed by atoms with Gasteiger partial charge in [0.2, 0.25) is 0 Å². The fourth-order valence-corrected chi connectivity index (χ4v) is 2.34. The van der Waals surface area contributed by atoms with Gasteiger partial charge in [-0.15, -0.1) is 0 Å². The van der Waals surface area contributed by atoms with E-state index >= 15 is 0 Å². The number of carbonyl (C=O) groups excluding carboxylic acids is 1. The smallest absolute Gasteiger partial charge is 0.422 e. The molecule has 2 aromatic rings. The second kappa shape index (κ2) is 5.04. The van der Waals surface area contributed by atoms with Gasteiger partial charge in [0, 0.05) is 0 Å². The summed E-state index contributed by atoms with van der Waals surface area (Å²) in [5, 5.41) is 2.38. The second-order valence-electron chi connectivity index (χ2n) is 3.76. The highest BCUT2D eigenvalue weighted by atomic mass is 32.1. The summed E-state index contributed by atoms with van der Waals surface area (Å²) < 4.78 is 40.4. The molecule has 1 N–H and O–H groups in total. The first-order valence-corrected chi connectivity index (χ1v) is 6.03. The van der Waals surface area contributed by atoms with Crippen molar-refractivity contribution in [3.05, 3.63) is 23.8 Å². The van der Waals surface area contributed by atoms with Crippen LogP contribution in [0, 0.1) is 6.92 Å². The lowest BCUT2D eigenvalue weighted by atomic mass is 10.2. The number of hydrogen-bond donors (Lipinski definition) is 1. The summed E-state index contributed by atoms with van der Waals surface area (Å²) in [5.74, 6) is 0. The van der Waals surface area contributed by atoms with Gasteiger partial charge >= 0.3 is 12.3 Å². The average molecular weight is 290 g/mol. The Kier molecular flexibility index (Phi) is 3.61. The maximum absolute atomic E-state index is 11.9. The molecule has 1 aromatic carbocycles. The van der Waals surface area contributed by atoms with Gasteiger partial charge in [-0.1, -0.05) is 23.5 Å². The van der Waals surface area contributed by atoms with E-state index in [0.29, 0.717) is 5.52 Å². The number of hydrogen-bond acceptors (Lipinski definition) is 4. The Balaban J connectivity index is 2.05. The summed E-state index contributed by atoms with van der Waals surface area (Å²) in [6.45, 7) is 0.233. The van der Waals surface area contributed by atoms with Crippen molar-refractivity contribution in [2.45, 2.75) is 13.1 Å². The van der Waals surface area contributed by atoms with Gasteiger partial charge in [0.1, 0.15) is 0 Å². The highest BCUT2D eigenvalue weighted by Crippen LogP contribution is 2.28. The van der Waals surface area contributed by atoms with Crippen LogP contribution in [0.3, 0.4) is 0 Å². The largest absolute Gasteiger partial charge is 0.440 e. The third-order valence-corrected chi connectivity index (χ3v) is 3.13. The number of alkyl halides is 3. The number of benzene rings is 1. The van der Waals surface area contributed by atoms with Crippen molar-refractivity contribution in [3.8, 4) is 0 Å². The van der Waals surface area contributed by atoms with E-state index in [2.05, 4.69) is 15.0 Å². The molecular weight excluding hydrogens is 281 g/mol. The number of fused-ring (bicyclic) bond motifs is 1. The van der Waals surface area contributed by atoms with Crippen molar-refractivity contribution >= 4 is 32.8 Å². The number of nitrogens with one attached hydrogen (secondary N) is 1. The van der Waals surface area contributed by atoms with Gasteiger partial charge in [0.25, 0.3) is 0 Å². The number of ether oxygens (including phenoxy) is 1. The first kappa shape index (κ1) is 13.6. The Morgan fingerprint density at radius 1 is 1.47 bits per heavy atom. The van der Waals surface area contributed by atoms with Gasteiger partial charge in [-0.2, -0.15) is 13.2 Å². The van der Waals surface area contributed by atoms with Crippen molar-refractivity contribution in [3.63, 3.8) is 0 Å². The number of thiazole rings is 1. The fourth-order valence-electron chi connectivity index (χ4n) is 1.41. The van der Waals surface area contributed by atoms with Gasteiger partial charge in [-0.25, -0.2) is 9.78 Å². The minimum Gasteiger partial charge on any atom is -0.440 e. The Morgan fingerprint density at radius 3 is 2.84 bits per heavy atom. The van der Waals surface area contributed by atoms with Crippen molar-refractivity contribution in [1.29, 1.82) is 0 Å². The van der Waals surface area contributed by atoms with Crippen molar-refractivity contribution in [1.82, 2.24) is 4.98 Å². The van der Waals surface area contributed by atoms with Gasteiger partial charge < -0.3 is 4.74 Å². The average Bonchev–Trinajstić information content (AvgIpc) is 2.69. The van der Waals surface area contributed by atoms with E-state index in [1.807, 2.05) is 25.1 Å². The highest BCUT2D eigenvalue weighted by molar-refractivity contribution is 7.22. The van der Waals surface area contributed by atoms with E-state index < -0.39 is 18.9 Å². The summed E-state index contributed by atoms with van der Waals surface area (Å²) in [4.78, 5) is 15.3. The minimum absolute atomic E-state index is 0.205. The first-order valence-electron chi connectivity index (χ1n) is 5.22. The molecule has 1 amide bonds. The quantitative estimate of drug-likeness (QED) is 0.917. The summed E-state index contributed by atoms with van der Waals surface area (Å²) >= 11 is 1.17. The molecule has 8 heteroatoms. The predicted molar refractivity (Wildman–Crippen MR) is 65.4 cm³/mol. The number of anilines is 1. The van der Waals surface area contributed by atoms with E-state index in [-0.39, 0.29) is 5.13 Å². The minimum atomic E-state index is -4.54. The number of halogens is 3. The molecule has 0 atom stereocenters. The predicted octanol–water partition coefficient (Wildman–Crippen LogP) is 3.72. The van der Waals surface area contributed by atoms with E-state index in [0.717, 1.165) is 10.3 Å². The number of nitrogens with zero attached hydrogens (tertiary/aromatic N) is 1. The van der Waals surface area contributed by atoms with Crippen LogP contribution < -0.4 is 5.32 Å². The van der Waals surface area contributed by atoms with E-state index in [1.54, 1.807) is 0 Å². The molecule has 19 heavy (non-hydrogen) atoms. The molecule has 0 saturated carbocycles. The van der Waals surface area contributed by atoms with Gasteiger partial charge in [0.05, 0.1) is 10.2 Å². The monoisotopic (exact) mass is 290 g/mol. The summed E-state index contributed by atoms with van der Waals surface area (Å²) in [7, 11) is 0. The van der Waals surface area contributed by atoms with Crippen LogP contribution >= 0.6 is 11.3 Å². The number of carbonyl (C=O) groups is 1. The molecule has 102 valence electrons. The van der Waals surface area contributed by atoms with Crippen molar-refractivity contribution < 1.29 is 22.7 Å². The SMILES string of the molecule is Cc1cccc2sc(NC(=O)OCC(F)(F)F)nc12. The third-order valence-electron chi connectivity index (χ3n) is 2.20. The number of aryl methyl sites for hydroxylation is 1. The maximum atomic E-state index is 11.9. The normalized spacial score (nSPS) is 11.6. The summed E-state index contributed by atoms with van der Waals surface area (Å²) in [6, 6.07) is 5.50. The molecule has 2 rings (SSSR count). The molecule has 0 bridgehead atoms. The molecule has 1 heterocycles. The number of rotatable bonds is 2. The van der Waals surface area contributed by atoms with Crippen LogP contribution in [0.2, 0.25) is 0 Å². The van der Waals surface area contributed by atoms with Gasteiger partial charge in [0.15, 0.2) is 11.7 Å². The molecule has 0 fully saturated rings. The fraction of sp³-hybridized carbons (Fsp3) is 0.273.